The molecule has 0 aliphatic carbocycles. The van der Waals surface area contributed by atoms with Crippen molar-refractivity contribution in [3.63, 3.8) is 0 Å². The minimum atomic E-state index is -0.596. The van der Waals surface area contributed by atoms with Crippen LogP contribution >= 0.6 is 0 Å². The van der Waals surface area contributed by atoms with Gasteiger partial charge < -0.3 is 10.0 Å². The average molecular weight is 358 g/mol. The monoisotopic (exact) mass is 358 g/mol. The highest BCUT2D eigenvalue weighted by molar-refractivity contribution is 6.05. The fourth-order valence-electron chi connectivity index (χ4n) is 4.45. The van der Waals surface area contributed by atoms with Crippen molar-refractivity contribution in [2.75, 3.05) is 0 Å². The Labute approximate surface area is 149 Å². The zero-order chi connectivity index (χ0) is 18.6. The van der Waals surface area contributed by atoms with E-state index in [1.54, 1.807) is 13.0 Å². The van der Waals surface area contributed by atoms with E-state index in [0.29, 0.717) is 18.5 Å². The summed E-state index contributed by atoms with van der Waals surface area (Å²) in [4.78, 5) is 46.2. The number of nitrogens with one attached hydrogen (secondary N) is 1. The fraction of sp³-hybridized carbons (Fsp3) is 0.556. The molecule has 2 fully saturated rings. The lowest BCUT2D eigenvalue weighted by atomic mass is 9.82. The van der Waals surface area contributed by atoms with Crippen molar-refractivity contribution in [1.82, 2.24) is 19.4 Å². The van der Waals surface area contributed by atoms with Gasteiger partial charge in [-0.2, -0.15) is 0 Å². The third-order valence-electron chi connectivity index (χ3n) is 5.61. The Morgan fingerprint density at radius 1 is 1.27 bits per heavy atom. The number of amides is 1. The number of piperidine rings is 2. The number of aromatic amines is 1. The predicted octanol–water partition coefficient (Wildman–Crippen LogP) is 0.448. The number of carbonyl (C=O) groups is 1. The molecule has 1 unspecified atom stereocenters. The first-order valence-corrected chi connectivity index (χ1v) is 8.98. The number of rotatable bonds is 1. The van der Waals surface area contributed by atoms with Crippen LogP contribution in [0.15, 0.2) is 15.7 Å². The van der Waals surface area contributed by atoms with Gasteiger partial charge in [0.1, 0.15) is 5.65 Å². The molecule has 0 aromatic carbocycles. The van der Waals surface area contributed by atoms with Gasteiger partial charge in [-0.15, -0.1) is 0 Å². The molecular formula is C18H22N4O4. The topological polar surface area (TPSA) is 108 Å². The molecule has 2 aromatic heterocycles. The van der Waals surface area contributed by atoms with Crippen molar-refractivity contribution in [2.24, 2.45) is 7.05 Å². The zero-order valence-corrected chi connectivity index (χ0v) is 14.9. The lowest BCUT2D eigenvalue weighted by molar-refractivity contribution is -0.0150. The van der Waals surface area contributed by atoms with Crippen LogP contribution in [0.2, 0.25) is 0 Å². The number of aliphatic hydroxyl groups is 1. The van der Waals surface area contributed by atoms with Crippen LogP contribution < -0.4 is 11.2 Å². The first-order chi connectivity index (χ1) is 12.4. The van der Waals surface area contributed by atoms with E-state index in [2.05, 4.69) is 9.97 Å². The van der Waals surface area contributed by atoms with Gasteiger partial charge in [-0.25, -0.2) is 9.78 Å². The van der Waals surface area contributed by atoms with E-state index in [1.165, 1.54) is 11.6 Å². The van der Waals surface area contributed by atoms with Crippen LogP contribution in [0.4, 0.5) is 0 Å². The molecule has 1 amide bonds. The first-order valence-electron chi connectivity index (χ1n) is 8.98. The quantitative estimate of drug-likeness (QED) is 0.769. The standard InChI is InChI=1S/C18H22N4O4/c1-9-6-13(14-15(19-9)21(2)18(26)20-16(14)24)17(25)22-10-4-3-5-11(22)8-12(23)7-10/h6,10-12,23H,3-5,7-8H2,1-2H3,(H,20,24,26)/t10-,11+,12?. The molecule has 8 heteroatoms. The maximum absolute atomic E-state index is 13.4. The van der Waals surface area contributed by atoms with E-state index in [9.17, 15) is 19.5 Å². The summed E-state index contributed by atoms with van der Waals surface area (Å²) in [6, 6.07) is 1.59. The van der Waals surface area contributed by atoms with Crippen molar-refractivity contribution in [3.8, 4) is 0 Å². The number of hydrogen-bond donors (Lipinski definition) is 2. The number of pyridine rings is 1. The molecule has 0 spiro atoms. The van der Waals surface area contributed by atoms with E-state index < -0.39 is 11.2 Å². The van der Waals surface area contributed by atoms with Gasteiger partial charge in [-0.3, -0.25) is 19.1 Å². The van der Waals surface area contributed by atoms with E-state index in [0.717, 1.165) is 19.3 Å². The summed E-state index contributed by atoms with van der Waals surface area (Å²) in [5.41, 5.74) is -0.0938. The Morgan fingerprint density at radius 3 is 2.58 bits per heavy atom. The van der Waals surface area contributed by atoms with Crippen LogP contribution in [0.1, 0.15) is 48.2 Å². The summed E-state index contributed by atoms with van der Waals surface area (Å²) < 4.78 is 1.25. The lowest BCUT2D eigenvalue weighted by Gasteiger charge is -2.47. The largest absolute Gasteiger partial charge is 0.393 e. The Morgan fingerprint density at radius 2 is 1.92 bits per heavy atom. The van der Waals surface area contributed by atoms with E-state index >= 15 is 0 Å². The maximum atomic E-state index is 13.4. The second-order valence-corrected chi connectivity index (χ2v) is 7.40. The minimum absolute atomic E-state index is 0.0138. The highest BCUT2D eigenvalue weighted by Gasteiger charge is 2.41. The third kappa shape index (κ3) is 2.56. The zero-order valence-electron chi connectivity index (χ0n) is 14.9. The van der Waals surface area contributed by atoms with Gasteiger partial charge in [0.15, 0.2) is 0 Å². The molecule has 4 heterocycles. The van der Waals surface area contributed by atoms with E-state index in [4.69, 9.17) is 0 Å². The van der Waals surface area contributed by atoms with Crippen molar-refractivity contribution in [3.05, 3.63) is 38.2 Å². The van der Waals surface area contributed by atoms with Gasteiger partial charge in [0.25, 0.3) is 11.5 Å². The van der Waals surface area contributed by atoms with Crippen LogP contribution in [0.5, 0.6) is 0 Å². The first kappa shape index (κ1) is 17.0. The van der Waals surface area contributed by atoms with Crippen molar-refractivity contribution in [2.45, 2.75) is 57.2 Å². The lowest BCUT2D eigenvalue weighted by Crippen LogP contribution is -2.56. The van der Waals surface area contributed by atoms with Crippen LogP contribution in [0, 0.1) is 6.92 Å². The molecule has 2 aromatic rings. The van der Waals surface area contributed by atoms with Gasteiger partial charge in [0.05, 0.1) is 17.1 Å². The number of nitrogens with zero attached hydrogens (tertiary/aromatic N) is 3. The molecule has 2 aliphatic rings. The summed E-state index contributed by atoms with van der Waals surface area (Å²) in [6.45, 7) is 1.74. The summed E-state index contributed by atoms with van der Waals surface area (Å²) in [7, 11) is 1.52. The molecular weight excluding hydrogens is 336 g/mol. The van der Waals surface area contributed by atoms with Crippen LogP contribution in [-0.4, -0.2) is 48.6 Å². The molecule has 2 bridgehead atoms. The van der Waals surface area contributed by atoms with Gasteiger partial charge in [-0.1, -0.05) is 0 Å². The summed E-state index contributed by atoms with van der Waals surface area (Å²) in [5, 5.41) is 10.2. The Balaban J connectivity index is 1.89. The van der Waals surface area contributed by atoms with E-state index in [1.807, 2.05) is 4.90 Å². The molecule has 0 radical (unpaired) electrons. The number of carbonyl (C=O) groups excluding carboxylic acids is 1. The van der Waals surface area contributed by atoms with Gasteiger partial charge in [0.2, 0.25) is 0 Å². The SMILES string of the molecule is Cc1cc(C(=O)N2[C@@H]3CCC[C@H]2CC(O)C3)c2c(=O)[nH]c(=O)n(C)c2n1. The number of aliphatic hydroxyl groups excluding tert-OH is 1. The second-order valence-electron chi connectivity index (χ2n) is 7.40. The molecule has 3 atom stereocenters. The van der Waals surface area contributed by atoms with Crippen LogP contribution in [0.3, 0.4) is 0 Å². The van der Waals surface area contributed by atoms with Gasteiger partial charge >= 0.3 is 5.69 Å². The molecule has 2 N–H and O–H groups in total. The van der Waals surface area contributed by atoms with Gasteiger partial charge in [0, 0.05) is 24.8 Å². The van der Waals surface area contributed by atoms with Crippen molar-refractivity contribution in [1.29, 1.82) is 0 Å². The number of H-pyrrole nitrogens is 1. The highest BCUT2D eigenvalue weighted by Crippen LogP contribution is 2.35. The summed E-state index contributed by atoms with van der Waals surface area (Å²) in [6.07, 6.45) is 3.51. The molecule has 8 nitrogen and oxygen atoms in total. The van der Waals surface area contributed by atoms with Crippen LogP contribution in [-0.2, 0) is 7.05 Å². The second kappa shape index (κ2) is 6.05. The van der Waals surface area contributed by atoms with Gasteiger partial charge in [-0.05, 0) is 45.1 Å². The molecule has 0 saturated carbocycles. The Kier molecular flexibility index (Phi) is 3.95. The summed E-state index contributed by atoms with van der Waals surface area (Å²) >= 11 is 0. The number of aryl methyl sites for hydroxylation is 2. The molecule has 26 heavy (non-hydrogen) atoms. The smallest absolute Gasteiger partial charge is 0.329 e. The minimum Gasteiger partial charge on any atom is -0.393 e. The summed E-state index contributed by atoms with van der Waals surface area (Å²) in [5.74, 6) is -0.216. The van der Waals surface area contributed by atoms with Crippen molar-refractivity contribution < 1.29 is 9.90 Å². The Bertz CT molecular complexity index is 995. The molecule has 4 rings (SSSR count). The average Bonchev–Trinajstić information content (AvgIpc) is 2.57. The highest BCUT2D eigenvalue weighted by atomic mass is 16.3. The van der Waals surface area contributed by atoms with Crippen molar-refractivity contribution >= 4 is 16.9 Å². The number of fused-ring (bicyclic) bond motifs is 3. The Hall–Kier alpha value is -2.48. The predicted molar refractivity (Wildman–Crippen MR) is 95.2 cm³/mol. The normalized spacial score (nSPS) is 25.5. The number of hydrogen-bond acceptors (Lipinski definition) is 5. The molecule has 2 aliphatic heterocycles. The number of aromatic nitrogens is 3. The van der Waals surface area contributed by atoms with Crippen LogP contribution in [0.25, 0.3) is 11.0 Å². The third-order valence-corrected chi connectivity index (χ3v) is 5.61. The fourth-order valence-corrected chi connectivity index (χ4v) is 4.45. The van der Waals surface area contributed by atoms with E-state index in [-0.39, 0.29) is 40.7 Å². The maximum Gasteiger partial charge on any atom is 0.329 e. The molecule has 138 valence electrons. The molecule has 2 saturated heterocycles.